The molecule has 2 rings (SSSR count). The standard InChI is InChI=1S/C13H13NO3/c1-3-17-13(15)11-9-7-5-4-6-8-10(9)14-12(11)16-2/h4-8H,3H2,1-2H3. The molecule has 0 spiro atoms. The van der Waals surface area contributed by atoms with E-state index in [1.54, 1.807) is 6.92 Å². The molecule has 0 radical (unpaired) electrons. The van der Waals surface area contributed by atoms with E-state index < -0.39 is 5.97 Å². The molecule has 1 heterocycles. The second kappa shape index (κ2) is 4.82. The fourth-order valence-corrected chi connectivity index (χ4v) is 1.68. The second-order valence-electron chi connectivity index (χ2n) is 3.43. The lowest BCUT2D eigenvalue weighted by molar-refractivity contribution is 0.0524. The summed E-state index contributed by atoms with van der Waals surface area (Å²) in [5.74, 6) is -0.0947. The highest BCUT2D eigenvalue weighted by molar-refractivity contribution is 6.00. The van der Waals surface area contributed by atoms with E-state index in [4.69, 9.17) is 9.47 Å². The molecule has 0 aromatic carbocycles. The predicted molar refractivity (Wildman–Crippen MR) is 63.4 cm³/mol. The summed E-state index contributed by atoms with van der Waals surface area (Å²) in [5, 5.41) is 0. The fourth-order valence-electron chi connectivity index (χ4n) is 1.68. The third-order valence-corrected chi connectivity index (χ3v) is 2.39. The molecule has 4 nitrogen and oxygen atoms in total. The van der Waals surface area contributed by atoms with E-state index in [2.05, 4.69) is 4.98 Å². The molecule has 1 aliphatic carbocycles. The van der Waals surface area contributed by atoms with Gasteiger partial charge in [0.05, 0.1) is 19.4 Å². The van der Waals surface area contributed by atoms with Crippen molar-refractivity contribution in [3.8, 4) is 17.1 Å². The van der Waals surface area contributed by atoms with Gasteiger partial charge < -0.3 is 9.47 Å². The van der Waals surface area contributed by atoms with E-state index in [-0.39, 0.29) is 0 Å². The van der Waals surface area contributed by atoms with Gasteiger partial charge >= 0.3 is 5.97 Å². The van der Waals surface area contributed by atoms with Gasteiger partial charge in [-0.15, -0.1) is 0 Å². The largest absolute Gasteiger partial charge is 0.480 e. The average Bonchev–Trinajstić information content (AvgIpc) is 2.52. The van der Waals surface area contributed by atoms with E-state index in [9.17, 15) is 4.79 Å². The number of hydrogen-bond donors (Lipinski definition) is 0. The van der Waals surface area contributed by atoms with Gasteiger partial charge in [0.1, 0.15) is 5.56 Å². The van der Waals surface area contributed by atoms with Crippen LogP contribution in [0.5, 0.6) is 5.88 Å². The molecule has 0 unspecified atom stereocenters. The molecule has 0 N–H and O–H groups in total. The number of aromatic nitrogens is 1. The molecule has 0 amide bonds. The van der Waals surface area contributed by atoms with Crippen molar-refractivity contribution in [1.82, 2.24) is 4.98 Å². The van der Waals surface area contributed by atoms with E-state index in [1.807, 2.05) is 30.3 Å². The third-order valence-electron chi connectivity index (χ3n) is 2.39. The Balaban J connectivity index is 2.58. The van der Waals surface area contributed by atoms with Crippen molar-refractivity contribution < 1.29 is 14.3 Å². The molecule has 17 heavy (non-hydrogen) atoms. The highest BCUT2D eigenvalue weighted by atomic mass is 16.5. The minimum atomic E-state index is -0.405. The van der Waals surface area contributed by atoms with Crippen LogP contribution < -0.4 is 4.74 Å². The number of rotatable bonds is 3. The van der Waals surface area contributed by atoms with Gasteiger partial charge in [0.2, 0.25) is 5.88 Å². The second-order valence-corrected chi connectivity index (χ2v) is 3.43. The molecule has 0 aromatic rings. The summed E-state index contributed by atoms with van der Waals surface area (Å²) in [5.41, 5.74) is 1.85. The maximum Gasteiger partial charge on any atom is 0.344 e. The molecular formula is C13H13NO3. The molecule has 1 aliphatic heterocycles. The Hall–Kier alpha value is -2.10. The van der Waals surface area contributed by atoms with E-state index >= 15 is 0 Å². The van der Waals surface area contributed by atoms with Crippen LogP contribution in [0, 0.1) is 0 Å². The van der Waals surface area contributed by atoms with Crippen molar-refractivity contribution in [2.45, 2.75) is 6.92 Å². The Bertz CT molecular complexity index is 510. The fraction of sp³-hybridized carbons (Fsp3) is 0.231. The zero-order valence-electron chi connectivity index (χ0n) is 9.77. The van der Waals surface area contributed by atoms with Gasteiger partial charge in [0.15, 0.2) is 0 Å². The Labute approximate surface area is 99.5 Å². The molecule has 0 saturated heterocycles. The lowest BCUT2D eigenvalue weighted by Crippen LogP contribution is -2.06. The van der Waals surface area contributed by atoms with Crippen molar-refractivity contribution in [3.05, 3.63) is 35.9 Å². The lowest BCUT2D eigenvalue weighted by Gasteiger charge is -2.02. The highest BCUT2D eigenvalue weighted by Gasteiger charge is 2.24. The van der Waals surface area contributed by atoms with Gasteiger partial charge in [-0.25, -0.2) is 9.78 Å². The molecule has 0 atom stereocenters. The molecule has 2 aliphatic rings. The number of ether oxygens (including phenoxy) is 2. The Morgan fingerprint density at radius 2 is 2.06 bits per heavy atom. The summed E-state index contributed by atoms with van der Waals surface area (Å²) >= 11 is 0. The van der Waals surface area contributed by atoms with Crippen LogP contribution in [0.1, 0.15) is 17.3 Å². The smallest absolute Gasteiger partial charge is 0.344 e. The van der Waals surface area contributed by atoms with Crippen LogP contribution in [0.3, 0.4) is 0 Å². The van der Waals surface area contributed by atoms with Crippen molar-refractivity contribution >= 4 is 5.97 Å². The number of hydrogen-bond acceptors (Lipinski definition) is 4. The summed E-state index contributed by atoms with van der Waals surface area (Å²) < 4.78 is 10.1. The summed E-state index contributed by atoms with van der Waals surface area (Å²) in [6.45, 7) is 2.09. The number of nitrogens with zero attached hydrogens (tertiary/aromatic N) is 1. The van der Waals surface area contributed by atoms with Gasteiger partial charge in [-0.05, 0) is 13.0 Å². The lowest BCUT2D eigenvalue weighted by atomic mass is 10.1. The topological polar surface area (TPSA) is 48.4 Å². The number of fused-ring (bicyclic) bond motifs is 1. The minimum absolute atomic E-state index is 0.310. The Morgan fingerprint density at radius 3 is 2.76 bits per heavy atom. The maximum absolute atomic E-state index is 11.9. The summed E-state index contributed by atoms with van der Waals surface area (Å²) in [7, 11) is 1.49. The average molecular weight is 231 g/mol. The first-order chi connectivity index (χ1) is 8.27. The number of carbonyl (C=O) groups is 1. The molecule has 0 aromatic heterocycles. The SMILES string of the molecule is CCOC(=O)c1c2cccccc-2nc1OC. The zero-order chi connectivity index (χ0) is 12.3. The number of methoxy groups -OCH3 is 1. The highest BCUT2D eigenvalue weighted by Crippen LogP contribution is 2.32. The monoisotopic (exact) mass is 231 g/mol. The summed E-state index contributed by atoms with van der Waals surface area (Å²) in [4.78, 5) is 16.1. The first-order valence-corrected chi connectivity index (χ1v) is 5.37. The van der Waals surface area contributed by atoms with Crippen LogP contribution in [-0.2, 0) is 4.74 Å². The van der Waals surface area contributed by atoms with E-state index in [0.717, 1.165) is 11.3 Å². The maximum atomic E-state index is 11.9. The molecule has 0 saturated carbocycles. The Morgan fingerprint density at radius 1 is 1.29 bits per heavy atom. The van der Waals surface area contributed by atoms with Crippen LogP contribution >= 0.6 is 0 Å². The summed E-state index contributed by atoms with van der Waals surface area (Å²) in [6, 6.07) is 9.26. The van der Waals surface area contributed by atoms with Crippen LogP contribution in [0.15, 0.2) is 30.3 Å². The molecule has 0 fully saturated rings. The van der Waals surface area contributed by atoms with Gasteiger partial charge in [0, 0.05) is 5.56 Å². The normalized spacial score (nSPS) is 10.2. The third kappa shape index (κ3) is 2.06. The van der Waals surface area contributed by atoms with E-state index in [0.29, 0.717) is 18.1 Å². The van der Waals surface area contributed by atoms with Gasteiger partial charge in [-0.1, -0.05) is 24.3 Å². The van der Waals surface area contributed by atoms with Gasteiger partial charge in [0.25, 0.3) is 0 Å². The van der Waals surface area contributed by atoms with Crippen molar-refractivity contribution in [1.29, 1.82) is 0 Å². The molecule has 88 valence electrons. The number of carbonyl (C=O) groups excluding carboxylic acids is 1. The number of esters is 1. The van der Waals surface area contributed by atoms with Crippen molar-refractivity contribution in [3.63, 3.8) is 0 Å². The molecule has 0 bridgehead atoms. The first kappa shape index (κ1) is 11.4. The quantitative estimate of drug-likeness (QED) is 0.761. The van der Waals surface area contributed by atoms with Crippen LogP contribution in [0.25, 0.3) is 11.3 Å². The zero-order valence-corrected chi connectivity index (χ0v) is 9.77. The summed E-state index contributed by atoms with van der Waals surface area (Å²) in [6.07, 6.45) is 0. The van der Waals surface area contributed by atoms with E-state index in [1.165, 1.54) is 7.11 Å². The molecule has 4 heteroatoms. The van der Waals surface area contributed by atoms with Crippen LogP contribution in [0.2, 0.25) is 0 Å². The van der Waals surface area contributed by atoms with Crippen LogP contribution in [0.4, 0.5) is 0 Å². The van der Waals surface area contributed by atoms with Gasteiger partial charge in [-0.2, -0.15) is 0 Å². The van der Waals surface area contributed by atoms with Crippen LogP contribution in [-0.4, -0.2) is 24.7 Å². The minimum Gasteiger partial charge on any atom is -0.480 e. The van der Waals surface area contributed by atoms with Gasteiger partial charge in [-0.3, -0.25) is 0 Å². The van der Waals surface area contributed by atoms with Crippen molar-refractivity contribution in [2.24, 2.45) is 0 Å². The molecular weight excluding hydrogens is 218 g/mol. The van der Waals surface area contributed by atoms with Crippen molar-refractivity contribution in [2.75, 3.05) is 13.7 Å². The predicted octanol–water partition coefficient (Wildman–Crippen LogP) is 2.37. The first-order valence-electron chi connectivity index (χ1n) is 5.37. The Kier molecular flexibility index (Phi) is 3.23.